The van der Waals surface area contributed by atoms with Crippen LogP contribution in [0, 0.1) is 0 Å². The van der Waals surface area contributed by atoms with Crippen molar-refractivity contribution in [3.8, 4) is 22.3 Å². The standard InChI is InChI=1S/C35H33F3N2O3/c36-35(37,38)32-18-16-30(17-19-32)29-12-14-31(15-13-29)34(42)40(25-39-21-4-5-22-39)23-20-33(41)43-24-26-8-10-28(11-9-26)27-6-2-1-3-7-27/h1-3,6-19H,4-5,20-25H2. The molecule has 0 spiro atoms. The second kappa shape index (κ2) is 13.7. The van der Waals surface area contributed by atoms with Crippen molar-refractivity contribution in [3.05, 3.63) is 120 Å². The lowest BCUT2D eigenvalue weighted by atomic mass is 10.0. The van der Waals surface area contributed by atoms with Gasteiger partial charge in [-0.1, -0.05) is 78.9 Å². The van der Waals surface area contributed by atoms with Gasteiger partial charge in [-0.05, 0) is 78.0 Å². The summed E-state index contributed by atoms with van der Waals surface area (Å²) in [5.41, 5.74) is 4.14. The van der Waals surface area contributed by atoms with Crippen LogP contribution in [0.1, 0.15) is 40.7 Å². The molecule has 1 aliphatic rings. The lowest BCUT2D eigenvalue weighted by molar-refractivity contribution is -0.145. The van der Waals surface area contributed by atoms with Gasteiger partial charge in [0.1, 0.15) is 6.61 Å². The zero-order chi connectivity index (χ0) is 30.2. The van der Waals surface area contributed by atoms with Crippen LogP contribution in [-0.4, -0.2) is 48.0 Å². The highest BCUT2D eigenvalue weighted by atomic mass is 19.4. The van der Waals surface area contributed by atoms with Gasteiger partial charge >= 0.3 is 12.1 Å². The summed E-state index contributed by atoms with van der Waals surface area (Å²) in [5.74, 6) is -0.598. The molecule has 1 amide bonds. The third-order valence-corrected chi connectivity index (χ3v) is 7.58. The van der Waals surface area contributed by atoms with E-state index in [0.717, 1.165) is 54.8 Å². The van der Waals surface area contributed by atoms with Gasteiger partial charge in [0.15, 0.2) is 0 Å². The number of amides is 1. The van der Waals surface area contributed by atoms with Crippen LogP contribution in [0.4, 0.5) is 13.2 Å². The van der Waals surface area contributed by atoms with Gasteiger partial charge in [-0.25, -0.2) is 0 Å². The Kier molecular flexibility index (Phi) is 9.57. The van der Waals surface area contributed by atoms with Crippen LogP contribution in [0.3, 0.4) is 0 Å². The molecule has 0 aromatic heterocycles. The molecule has 5 nitrogen and oxygen atoms in total. The lowest BCUT2D eigenvalue weighted by Crippen LogP contribution is -2.41. The molecule has 0 bridgehead atoms. The number of nitrogens with zero attached hydrogens (tertiary/aromatic N) is 2. The molecule has 1 heterocycles. The van der Waals surface area contributed by atoms with Crippen molar-refractivity contribution in [3.63, 3.8) is 0 Å². The monoisotopic (exact) mass is 586 g/mol. The smallest absolute Gasteiger partial charge is 0.416 e. The Morgan fingerprint density at radius 2 is 1.26 bits per heavy atom. The van der Waals surface area contributed by atoms with Gasteiger partial charge < -0.3 is 9.64 Å². The molecule has 1 fully saturated rings. The SMILES string of the molecule is O=C(CCN(CN1CCCC1)C(=O)c1ccc(-c2ccc(C(F)(F)F)cc2)cc1)OCc1ccc(-c2ccccc2)cc1. The van der Waals surface area contributed by atoms with Crippen LogP contribution < -0.4 is 0 Å². The van der Waals surface area contributed by atoms with E-state index in [1.54, 1.807) is 29.2 Å². The summed E-state index contributed by atoms with van der Waals surface area (Å²) in [6.07, 6.45) is -2.20. The van der Waals surface area contributed by atoms with E-state index in [1.807, 2.05) is 54.6 Å². The maximum atomic E-state index is 13.5. The fourth-order valence-corrected chi connectivity index (χ4v) is 5.13. The first-order valence-electron chi connectivity index (χ1n) is 14.4. The fraction of sp³-hybridized carbons (Fsp3) is 0.257. The predicted octanol–water partition coefficient (Wildman–Crippen LogP) is 7.67. The number of esters is 1. The summed E-state index contributed by atoms with van der Waals surface area (Å²) >= 11 is 0. The van der Waals surface area contributed by atoms with E-state index in [0.29, 0.717) is 23.4 Å². The summed E-state index contributed by atoms with van der Waals surface area (Å²) in [6.45, 7) is 2.55. The van der Waals surface area contributed by atoms with Crippen LogP contribution in [0.2, 0.25) is 0 Å². The van der Waals surface area contributed by atoms with E-state index < -0.39 is 11.7 Å². The number of carbonyl (C=O) groups is 2. The Labute approximate surface area is 249 Å². The van der Waals surface area contributed by atoms with Crippen LogP contribution in [-0.2, 0) is 22.3 Å². The summed E-state index contributed by atoms with van der Waals surface area (Å²) in [7, 11) is 0. The minimum atomic E-state index is -4.39. The van der Waals surface area contributed by atoms with Gasteiger partial charge in [0.25, 0.3) is 5.91 Å². The highest BCUT2D eigenvalue weighted by Crippen LogP contribution is 2.31. The number of alkyl halides is 3. The van der Waals surface area contributed by atoms with Crippen molar-refractivity contribution in [1.82, 2.24) is 9.80 Å². The van der Waals surface area contributed by atoms with E-state index >= 15 is 0 Å². The molecule has 0 radical (unpaired) electrons. The van der Waals surface area contributed by atoms with E-state index in [2.05, 4.69) is 4.90 Å². The third-order valence-electron chi connectivity index (χ3n) is 7.58. The van der Waals surface area contributed by atoms with Gasteiger partial charge in [-0.15, -0.1) is 0 Å². The van der Waals surface area contributed by atoms with E-state index in [9.17, 15) is 22.8 Å². The van der Waals surface area contributed by atoms with Crippen molar-refractivity contribution < 1.29 is 27.5 Å². The summed E-state index contributed by atoms with van der Waals surface area (Å²) < 4.78 is 44.2. The highest BCUT2D eigenvalue weighted by molar-refractivity contribution is 5.95. The third kappa shape index (κ3) is 8.11. The number of ether oxygens (including phenoxy) is 1. The van der Waals surface area contributed by atoms with Crippen molar-refractivity contribution >= 4 is 11.9 Å². The minimum absolute atomic E-state index is 0.0608. The van der Waals surface area contributed by atoms with Crippen molar-refractivity contribution in [2.75, 3.05) is 26.3 Å². The lowest BCUT2D eigenvalue weighted by Gasteiger charge is -2.27. The first kappa shape index (κ1) is 30.0. The molecule has 0 N–H and O–H groups in total. The van der Waals surface area contributed by atoms with E-state index in [1.165, 1.54) is 12.1 Å². The predicted molar refractivity (Wildman–Crippen MR) is 160 cm³/mol. The van der Waals surface area contributed by atoms with Crippen molar-refractivity contribution in [2.24, 2.45) is 0 Å². The number of benzene rings is 4. The zero-order valence-corrected chi connectivity index (χ0v) is 23.7. The van der Waals surface area contributed by atoms with E-state index in [-0.39, 0.29) is 31.4 Å². The molecule has 4 aromatic rings. The average Bonchev–Trinajstić information content (AvgIpc) is 3.55. The number of rotatable bonds is 10. The molecular weight excluding hydrogens is 553 g/mol. The zero-order valence-electron chi connectivity index (χ0n) is 23.7. The number of likely N-dealkylation sites (tertiary alicyclic amines) is 1. The Bertz CT molecular complexity index is 1500. The highest BCUT2D eigenvalue weighted by Gasteiger charge is 2.30. The second-order valence-corrected chi connectivity index (χ2v) is 10.7. The first-order valence-corrected chi connectivity index (χ1v) is 14.4. The molecule has 0 saturated carbocycles. The number of hydrogen-bond acceptors (Lipinski definition) is 4. The Hall–Kier alpha value is -4.43. The molecule has 1 saturated heterocycles. The van der Waals surface area contributed by atoms with Gasteiger partial charge in [0, 0.05) is 12.1 Å². The molecule has 4 aromatic carbocycles. The molecular formula is C35H33F3N2O3. The van der Waals surface area contributed by atoms with Gasteiger partial charge in [-0.3, -0.25) is 14.5 Å². The summed E-state index contributed by atoms with van der Waals surface area (Å²) in [5, 5.41) is 0. The quantitative estimate of drug-likeness (QED) is 0.179. The van der Waals surface area contributed by atoms with Gasteiger partial charge in [0.2, 0.25) is 0 Å². The van der Waals surface area contributed by atoms with Gasteiger partial charge in [0.05, 0.1) is 18.7 Å². The van der Waals surface area contributed by atoms with Crippen LogP contribution in [0.5, 0.6) is 0 Å². The van der Waals surface area contributed by atoms with Crippen molar-refractivity contribution in [1.29, 1.82) is 0 Å². The van der Waals surface area contributed by atoms with E-state index in [4.69, 9.17) is 4.74 Å². The molecule has 43 heavy (non-hydrogen) atoms. The van der Waals surface area contributed by atoms with Crippen LogP contribution in [0.25, 0.3) is 22.3 Å². The first-order chi connectivity index (χ1) is 20.8. The second-order valence-electron chi connectivity index (χ2n) is 10.7. The maximum Gasteiger partial charge on any atom is 0.416 e. The molecule has 222 valence electrons. The Morgan fingerprint density at radius 3 is 1.84 bits per heavy atom. The number of halogens is 3. The Balaban J connectivity index is 1.18. The fourth-order valence-electron chi connectivity index (χ4n) is 5.13. The van der Waals surface area contributed by atoms with Gasteiger partial charge in [-0.2, -0.15) is 13.2 Å². The topological polar surface area (TPSA) is 49.9 Å². The Morgan fingerprint density at radius 1 is 0.721 bits per heavy atom. The molecule has 0 atom stereocenters. The summed E-state index contributed by atoms with van der Waals surface area (Å²) in [6, 6.07) is 29.6. The number of carbonyl (C=O) groups excluding carboxylic acids is 2. The summed E-state index contributed by atoms with van der Waals surface area (Å²) in [4.78, 5) is 30.0. The van der Waals surface area contributed by atoms with Crippen LogP contribution >= 0.6 is 0 Å². The molecule has 0 aliphatic carbocycles. The minimum Gasteiger partial charge on any atom is -0.461 e. The molecule has 0 unspecified atom stereocenters. The largest absolute Gasteiger partial charge is 0.461 e. The molecule has 5 rings (SSSR count). The van der Waals surface area contributed by atoms with Crippen LogP contribution in [0.15, 0.2) is 103 Å². The maximum absolute atomic E-state index is 13.5. The number of hydrogen-bond donors (Lipinski definition) is 0. The van der Waals surface area contributed by atoms with Crippen molar-refractivity contribution in [2.45, 2.75) is 32.0 Å². The average molecular weight is 587 g/mol. The normalized spacial score (nSPS) is 13.6. The molecule has 8 heteroatoms. The molecule has 1 aliphatic heterocycles.